The topological polar surface area (TPSA) is 55.4 Å². The van der Waals surface area contributed by atoms with E-state index in [9.17, 15) is 0 Å². The first-order valence-electron chi connectivity index (χ1n) is 38.1. The highest BCUT2D eigenvalue weighted by Gasteiger charge is 2.53. The predicted octanol–water partition coefficient (Wildman–Crippen LogP) is 22.3. The Morgan fingerprint density at radius 2 is 0.509 bits per heavy atom. The SMILES string of the molecule is CC(C)(C)c1ccc2c(c1)Oc1cc(-c3c4ccccc4c(-c4ccccc4)c4ccccc34)cc3c1B2c1ccc(C(C)(C)C)cc1O3.CC(C)(C)c1ccc2c(c1)Oc1cc(Cl)cc3c1B2c1ccc(C(C)(C)C)cc1O3.CC1(C)OB(c2c3ccccc3c(-c3ccccc3)c3ccccc23)OC1(C)C. The molecule has 0 aliphatic carbocycles. The van der Waals surface area contributed by atoms with Gasteiger partial charge in [-0.25, -0.2) is 0 Å². The van der Waals surface area contributed by atoms with Crippen LogP contribution in [0, 0.1) is 0 Å². The molecule has 0 N–H and O–H groups in total. The number of hydrogen-bond acceptors (Lipinski definition) is 6. The highest BCUT2D eigenvalue weighted by molar-refractivity contribution is 6.99. The van der Waals surface area contributed by atoms with Crippen molar-refractivity contribution in [1.29, 1.82) is 0 Å². The third-order valence-electron chi connectivity index (χ3n) is 23.2. The normalized spacial score (nSPS) is 14.8. The van der Waals surface area contributed by atoms with E-state index in [1.807, 2.05) is 12.1 Å². The molecule has 0 bridgehead atoms. The van der Waals surface area contributed by atoms with Gasteiger partial charge in [-0.05, 0) is 224 Å². The number of fused-ring (bicyclic) bond motifs is 12. The van der Waals surface area contributed by atoms with E-state index >= 15 is 0 Å². The Labute approximate surface area is 642 Å². The lowest BCUT2D eigenvalue weighted by atomic mass is 9.34. The van der Waals surface area contributed by atoms with Crippen molar-refractivity contribution in [2.75, 3.05) is 0 Å². The molecule has 0 unspecified atom stereocenters. The van der Waals surface area contributed by atoms with Crippen LogP contribution in [0.4, 0.5) is 0 Å². The number of benzene rings is 14. The van der Waals surface area contributed by atoms with E-state index in [1.54, 1.807) is 0 Å². The second kappa shape index (κ2) is 26.0. The third kappa shape index (κ3) is 12.3. The summed E-state index contributed by atoms with van der Waals surface area (Å²) < 4.78 is 39.6. The molecule has 6 nitrogen and oxygen atoms in total. The van der Waals surface area contributed by atoms with Crippen LogP contribution in [0.2, 0.25) is 5.02 Å². The van der Waals surface area contributed by atoms with Gasteiger partial charge in [0.05, 0.1) is 11.2 Å². The second-order valence-electron chi connectivity index (χ2n) is 35.0. The molecule has 5 heterocycles. The van der Waals surface area contributed by atoms with Gasteiger partial charge in [0, 0.05) is 15.9 Å². The average molecular weight is 1430 g/mol. The predicted molar refractivity (Wildman–Crippen MR) is 457 cm³/mol. The molecular weight excluding hydrogens is 1340 g/mol. The van der Waals surface area contributed by atoms with E-state index in [0.29, 0.717) is 5.02 Å². The van der Waals surface area contributed by atoms with Crippen molar-refractivity contribution in [3.63, 3.8) is 0 Å². The summed E-state index contributed by atoms with van der Waals surface area (Å²) >= 11 is 6.43. The van der Waals surface area contributed by atoms with Gasteiger partial charge in [0.1, 0.15) is 46.0 Å². The Morgan fingerprint density at radius 3 is 0.796 bits per heavy atom. The van der Waals surface area contributed by atoms with E-state index < -0.39 is 7.12 Å². The Balaban J connectivity index is 0.000000125. The number of rotatable bonds is 4. The molecule has 5 aliphatic heterocycles. The summed E-state index contributed by atoms with van der Waals surface area (Å²) in [4.78, 5) is 0. The van der Waals surface area contributed by atoms with Gasteiger partial charge >= 0.3 is 7.12 Å². The van der Waals surface area contributed by atoms with Crippen LogP contribution in [0.15, 0.2) is 255 Å². The van der Waals surface area contributed by atoms with Crippen molar-refractivity contribution in [2.45, 2.75) is 144 Å². The molecule has 1 fully saturated rings. The number of halogens is 1. The Hall–Kier alpha value is -10.3. The molecule has 14 aromatic rings. The van der Waals surface area contributed by atoms with E-state index in [2.05, 4.69) is 353 Å². The van der Waals surface area contributed by atoms with Crippen LogP contribution < -0.4 is 57.2 Å². The molecule has 5 aliphatic rings. The lowest BCUT2D eigenvalue weighted by Gasteiger charge is -2.35. The van der Waals surface area contributed by atoms with Crippen LogP contribution in [-0.4, -0.2) is 31.7 Å². The first-order chi connectivity index (χ1) is 51.5. The summed E-state index contributed by atoms with van der Waals surface area (Å²) in [5.41, 5.74) is 19.6. The molecule has 0 atom stereocenters. The number of hydrogen-bond donors (Lipinski definition) is 0. The van der Waals surface area contributed by atoms with Crippen LogP contribution in [0.1, 0.15) is 133 Å². The maximum atomic E-state index is 6.95. The van der Waals surface area contributed by atoms with E-state index in [0.717, 1.165) is 67.9 Å². The minimum atomic E-state index is -0.403. The summed E-state index contributed by atoms with van der Waals surface area (Å²) in [5.74, 6) is 6.95. The molecule has 534 valence electrons. The molecule has 1 saturated heterocycles. The first kappa shape index (κ1) is 70.7. The molecule has 0 aromatic heterocycles. The lowest BCUT2D eigenvalue weighted by Crippen LogP contribution is -2.57. The smallest absolute Gasteiger partial charge is 0.458 e. The Bertz CT molecular complexity index is 5670. The molecular formula is C98H90B3ClO6. The molecule has 0 radical (unpaired) electrons. The standard InChI is InChI=1S/C46H39BO2.C26H26BClO2.C26H25BO2/c1-45(2,3)30-20-22-36-38(26-30)48-40-24-29(25-41-44(40)47(36)37-23-21-31(46(4,5)6)27-39(37)49-41)43-34-18-12-10-16-32(34)42(28-14-8-7-9-15-28)33-17-11-13-19-35(33)43;1-25(2,3)15-7-9-18-20(11-15)29-22-13-17(28)14-23-24(22)27(18)19-10-8-16(26(4,5)6)12-21(19)30-23;1-25(2)26(3,4)29-27(28-25)24-21-16-10-8-14-19(21)23(18-12-6-5-7-13-18)20-15-9-11-17-22(20)24/h7-27H,1-6H3;7-14H,1-6H3;5-17H,1-4H3. The zero-order valence-electron chi connectivity index (χ0n) is 64.8. The van der Waals surface area contributed by atoms with Gasteiger partial charge in [-0.3, -0.25) is 0 Å². The van der Waals surface area contributed by atoms with Crippen molar-refractivity contribution in [3.05, 3.63) is 282 Å². The van der Waals surface area contributed by atoms with E-state index in [1.165, 1.54) is 115 Å². The fourth-order valence-electron chi connectivity index (χ4n) is 16.6. The second-order valence-corrected chi connectivity index (χ2v) is 35.5. The van der Waals surface area contributed by atoms with Crippen LogP contribution in [0.3, 0.4) is 0 Å². The van der Waals surface area contributed by atoms with Gasteiger partial charge < -0.3 is 28.3 Å². The Morgan fingerprint density at radius 1 is 0.259 bits per heavy atom. The van der Waals surface area contributed by atoms with Crippen LogP contribution in [-0.2, 0) is 31.0 Å². The van der Waals surface area contributed by atoms with Gasteiger partial charge in [0.15, 0.2) is 0 Å². The molecule has 0 spiro atoms. The monoisotopic (exact) mass is 1430 g/mol. The fraction of sp³-hybridized carbons (Fsp3) is 0.224. The van der Waals surface area contributed by atoms with Crippen molar-refractivity contribution in [2.24, 2.45) is 0 Å². The van der Waals surface area contributed by atoms with Gasteiger partial charge in [-0.2, -0.15) is 0 Å². The fourth-order valence-corrected chi connectivity index (χ4v) is 16.8. The first-order valence-corrected chi connectivity index (χ1v) is 38.5. The summed E-state index contributed by atoms with van der Waals surface area (Å²) in [5, 5.41) is 10.3. The molecule has 10 heteroatoms. The summed E-state index contributed by atoms with van der Waals surface area (Å²) in [7, 11) is -0.403. The van der Waals surface area contributed by atoms with Crippen molar-refractivity contribution >= 4 is 113 Å². The largest absolute Gasteiger partial charge is 0.496 e. The number of ether oxygens (including phenoxy) is 4. The van der Waals surface area contributed by atoms with E-state index in [4.69, 9.17) is 39.9 Å². The quantitative estimate of drug-likeness (QED) is 0.129. The highest BCUT2D eigenvalue weighted by atomic mass is 35.5. The molecule has 0 saturated carbocycles. The van der Waals surface area contributed by atoms with Gasteiger partial charge in [0.2, 0.25) is 0 Å². The third-order valence-corrected chi connectivity index (χ3v) is 23.4. The van der Waals surface area contributed by atoms with Crippen molar-refractivity contribution < 1.29 is 28.3 Å². The minimum Gasteiger partial charge on any atom is -0.458 e. The van der Waals surface area contributed by atoms with Crippen LogP contribution in [0.5, 0.6) is 46.0 Å². The van der Waals surface area contributed by atoms with Gasteiger partial charge in [-0.15, -0.1) is 0 Å². The Kier molecular flexibility index (Phi) is 17.0. The molecule has 14 aromatic carbocycles. The summed E-state index contributed by atoms with van der Waals surface area (Å²) in [6.07, 6.45) is 0. The molecule has 108 heavy (non-hydrogen) atoms. The van der Waals surface area contributed by atoms with E-state index in [-0.39, 0.29) is 46.3 Å². The maximum absolute atomic E-state index is 6.95. The highest BCUT2D eigenvalue weighted by Crippen LogP contribution is 2.49. The molecule has 19 rings (SSSR count). The lowest BCUT2D eigenvalue weighted by molar-refractivity contribution is 0.00578. The average Bonchev–Trinajstić information content (AvgIpc) is 0.737. The van der Waals surface area contributed by atoms with Crippen LogP contribution in [0.25, 0.3) is 76.5 Å². The minimum absolute atomic E-state index is 0.000794. The maximum Gasteiger partial charge on any atom is 0.496 e. The summed E-state index contributed by atoms with van der Waals surface area (Å²) in [6, 6.07) is 91.4. The molecule has 0 amide bonds. The van der Waals surface area contributed by atoms with Gasteiger partial charge in [-0.1, -0.05) is 301 Å². The zero-order valence-corrected chi connectivity index (χ0v) is 65.6. The zero-order chi connectivity index (χ0) is 75.3. The summed E-state index contributed by atoms with van der Waals surface area (Å²) in [6.45, 7) is 35.4. The van der Waals surface area contributed by atoms with Crippen molar-refractivity contribution in [1.82, 2.24) is 0 Å². The van der Waals surface area contributed by atoms with Crippen molar-refractivity contribution in [3.8, 4) is 79.4 Å². The van der Waals surface area contributed by atoms with Crippen LogP contribution >= 0.6 is 11.6 Å². The van der Waals surface area contributed by atoms with Gasteiger partial charge in [0.25, 0.3) is 13.4 Å².